The van der Waals surface area contributed by atoms with Crippen molar-refractivity contribution in [1.82, 2.24) is 9.97 Å². The van der Waals surface area contributed by atoms with E-state index in [-0.39, 0.29) is 0 Å². The van der Waals surface area contributed by atoms with Gasteiger partial charge in [0, 0.05) is 39.6 Å². The van der Waals surface area contributed by atoms with Gasteiger partial charge in [-0.1, -0.05) is 54.6 Å². The highest BCUT2D eigenvalue weighted by Gasteiger charge is 2.40. The number of anilines is 3. The third-order valence-electron chi connectivity index (χ3n) is 5.99. The summed E-state index contributed by atoms with van der Waals surface area (Å²) >= 11 is 0. The summed E-state index contributed by atoms with van der Waals surface area (Å²) in [5, 5.41) is 2.55. The Morgan fingerprint density at radius 2 is 1.12 bits per heavy atom. The zero-order chi connectivity index (χ0) is 22.3. The smallest absolute Gasteiger partial charge is 0.175 e. The second-order valence-electron chi connectivity index (χ2n) is 7.88. The molecule has 0 spiro atoms. The molecule has 0 radical (unpaired) electrons. The quantitative estimate of drug-likeness (QED) is 0.334. The fourth-order valence-electron chi connectivity index (χ4n) is 4.50. The number of hydrogen-bond acceptors (Lipinski definition) is 4. The highest BCUT2D eigenvalue weighted by molar-refractivity contribution is 7.86. The number of para-hydroxylation sites is 2. The van der Waals surface area contributed by atoms with E-state index in [2.05, 4.69) is 39.1 Å². The van der Waals surface area contributed by atoms with Crippen LogP contribution >= 0.6 is 7.14 Å². The average Bonchev–Trinajstić information content (AvgIpc) is 2.90. The lowest BCUT2D eigenvalue weighted by molar-refractivity contribution is 0.592. The molecule has 0 N–H and O–H groups in total. The summed E-state index contributed by atoms with van der Waals surface area (Å²) in [5.41, 5.74) is 3.82. The number of rotatable bonds is 3. The molecule has 158 valence electrons. The maximum absolute atomic E-state index is 14.9. The largest absolute Gasteiger partial charge is 0.309 e. The van der Waals surface area contributed by atoms with Crippen LogP contribution in [0.25, 0.3) is 11.4 Å². The van der Waals surface area contributed by atoms with E-state index >= 15 is 0 Å². The van der Waals surface area contributed by atoms with E-state index in [1.54, 1.807) is 12.4 Å². The fourth-order valence-corrected chi connectivity index (χ4v) is 7.49. The molecular weight excluding hydrogens is 425 g/mol. The van der Waals surface area contributed by atoms with Gasteiger partial charge in [0.05, 0.1) is 11.4 Å². The lowest BCUT2D eigenvalue weighted by Gasteiger charge is -2.37. The topological polar surface area (TPSA) is 46.1 Å². The molecule has 0 amide bonds. The third-order valence-corrected chi connectivity index (χ3v) is 9.13. The van der Waals surface area contributed by atoms with Crippen molar-refractivity contribution in [3.63, 3.8) is 0 Å². The molecule has 2 heterocycles. The summed E-state index contributed by atoms with van der Waals surface area (Å²) in [6, 6.07) is 35.9. The normalized spacial score (nSPS) is 13.8. The van der Waals surface area contributed by atoms with Crippen LogP contribution in [0.2, 0.25) is 0 Å². The molecule has 33 heavy (non-hydrogen) atoms. The van der Waals surface area contributed by atoms with Crippen molar-refractivity contribution >= 4 is 40.1 Å². The first-order chi connectivity index (χ1) is 16.3. The predicted octanol–water partition coefficient (Wildman–Crippen LogP) is 5.57. The molecule has 0 aliphatic carbocycles. The number of fused-ring (bicyclic) bond motifs is 2. The summed E-state index contributed by atoms with van der Waals surface area (Å²) in [4.78, 5) is 10.9. The van der Waals surface area contributed by atoms with Crippen molar-refractivity contribution in [2.24, 2.45) is 0 Å². The molecule has 4 nitrogen and oxygen atoms in total. The van der Waals surface area contributed by atoms with Gasteiger partial charge in [0.2, 0.25) is 0 Å². The van der Waals surface area contributed by atoms with Gasteiger partial charge in [-0.2, -0.15) is 0 Å². The number of nitrogens with zero attached hydrogens (tertiary/aromatic N) is 3. The van der Waals surface area contributed by atoms with Gasteiger partial charge >= 0.3 is 0 Å². The average molecular weight is 445 g/mol. The van der Waals surface area contributed by atoms with Gasteiger partial charge < -0.3 is 9.46 Å². The molecule has 0 atom stereocenters. The number of aromatic nitrogens is 2. The Balaban J connectivity index is 1.56. The van der Waals surface area contributed by atoms with Crippen LogP contribution in [0, 0.1) is 0 Å². The van der Waals surface area contributed by atoms with Crippen LogP contribution in [-0.2, 0) is 4.57 Å². The van der Waals surface area contributed by atoms with E-state index in [1.165, 1.54) is 0 Å². The van der Waals surface area contributed by atoms with Gasteiger partial charge in [-0.3, -0.25) is 0 Å². The van der Waals surface area contributed by atoms with E-state index in [4.69, 9.17) is 0 Å². The Bertz CT molecular complexity index is 1430. The van der Waals surface area contributed by atoms with Crippen LogP contribution in [-0.4, -0.2) is 9.97 Å². The molecule has 0 bridgehead atoms. The molecule has 5 aromatic rings. The third kappa shape index (κ3) is 3.11. The molecule has 4 aromatic carbocycles. The van der Waals surface area contributed by atoms with Crippen molar-refractivity contribution in [3.8, 4) is 11.4 Å². The van der Waals surface area contributed by atoms with Crippen LogP contribution in [0.4, 0.5) is 17.1 Å². The van der Waals surface area contributed by atoms with E-state index in [0.717, 1.165) is 38.5 Å². The van der Waals surface area contributed by atoms with Gasteiger partial charge in [-0.05, 0) is 54.6 Å². The Hall–Kier alpha value is -4.01. The van der Waals surface area contributed by atoms with E-state index in [1.807, 2.05) is 84.9 Å². The Morgan fingerprint density at radius 3 is 1.73 bits per heavy atom. The van der Waals surface area contributed by atoms with Crippen LogP contribution in [0.5, 0.6) is 0 Å². The van der Waals surface area contributed by atoms with E-state index in [9.17, 15) is 4.57 Å². The van der Waals surface area contributed by atoms with Crippen LogP contribution in [0.3, 0.4) is 0 Å². The first kappa shape index (κ1) is 19.7. The van der Waals surface area contributed by atoms with Crippen molar-refractivity contribution < 1.29 is 4.57 Å². The highest BCUT2D eigenvalue weighted by atomic mass is 31.2. The minimum Gasteiger partial charge on any atom is -0.309 e. The summed E-state index contributed by atoms with van der Waals surface area (Å²) in [5.74, 6) is 0.692. The second-order valence-corrected chi connectivity index (χ2v) is 10.6. The summed E-state index contributed by atoms with van der Waals surface area (Å²) in [7, 11) is -3.02. The zero-order valence-corrected chi connectivity index (χ0v) is 18.6. The Labute approximate surface area is 192 Å². The number of hydrogen-bond donors (Lipinski definition) is 0. The van der Waals surface area contributed by atoms with Gasteiger partial charge in [0.25, 0.3) is 0 Å². The van der Waals surface area contributed by atoms with Crippen molar-refractivity contribution in [1.29, 1.82) is 0 Å². The van der Waals surface area contributed by atoms with Crippen LogP contribution in [0.15, 0.2) is 122 Å². The minimum atomic E-state index is -3.02. The maximum Gasteiger partial charge on any atom is 0.175 e. The lowest BCUT2D eigenvalue weighted by atomic mass is 10.1. The predicted molar refractivity (Wildman–Crippen MR) is 135 cm³/mol. The minimum absolute atomic E-state index is 0.692. The van der Waals surface area contributed by atoms with Gasteiger partial charge in [0.15, 0.2) is 13.0 Å². The molecule has 0 fully saturated rings. The molecule has 0 unspecified atom stereocenters. The summed E-state index contributed by atoms with van der Waals surface area (Å²) < 4.78 is 14.9. The molecule has 0 saturated heterocycles. The van der Waals surface area contributed by atoms with Crippen molar-refractivity contribution in [2.75, 3.05) is 4.90 Å². The monoisotopic (exact) mass is 445 g/mol. The van der Waals surface area contributed by atoms with Gasteiger partial charge in [-0.25, -0.2) is 9.97 Å². The summed E-state index contributed by atoms with van der Waals surface area (Å²) in [6.07, 6.45) is 3.49. The van der Waals surface area contributed by atoms with E-state index < -0.39 is 7.14 Å². The zero-order valence-electron chi connectivity index (χ0n) is 17.7. The van der Waals surface area contributed by atoms with Gasteiger partial charge in [0.1, 0.15) is 0 Å². The lowest BCUT2D eigenvalue weighted by Crippen LogP contribution is -2.36. The standard InChI is InChI=1S/C28H20N3OP/c32-33(23-9-2-1-3-10-23)26-13-6-4-11-24(26)31(25-12-5-7-14-27(25)33)22-17-15-21(16-18-22)28-29-19-8-20-30-28/h1-20H. The van der Waals surface area contributed by atoms with Crippen molar-refractivity contribution in [3.05, 3.63) is 122 Å². The van der Waals surface area contributed by atoms with Crippen molar-refractivity contribution in [2.45, 2.75) is 0 Å². The van der Waals surface area contributed by atoms with Crippen LogP contribution in [0.1, 0.15) is 0 Å². The highest BCUT2D eigenvalue weighted by Crippen LogP contribution is 2.53. The molecule has 5 heteroatoms. The summed E-state index contributed by atoms with van der Waals surface area (Å²) in [6.45, 7) is 0. The van der Waals surface area contributed by atoms with Crippen LogP contribution < -0.4 is 20.8 Å². The molecule has 1 aliphatic heterocycles. The SMILES string of the molecule is O=P1(c2ccccc2)c2ccccc2N(c2ccc(-c3ncccn3)cc2)c2ccccc21. The van der Waals surface area contributed by atoms with Gasteiger partial charge in [-0.15, -0.1) is 0 Å². The van der Waals surface area contributed by atoms with E-state index in [0.29, 0.717) is 5.82 Å². The fraction of sp³-hybridized carbons (Fsp3) is 0. The molecular formula is C28H20N3OP. The second kappa shape index (κ2) is 7.84. The molecule has 1 aromatic heterocycles. The Kier molecular flexibility index (Phi) is 4.67. The molecule has 6 rings (SSSR count). The molecule has 1 aliphatic rings. The first-order valence-corrected chi connectivity index (χ1v) is 12.5. The Morgan fingerprint density at radius 1 is 0.576 bits per heavy atom. The first-order valence-electron chi connectivity index (χ1n) is 10.8. The number of benzene rings is 4. The maximum atomic E-state index is 14.9. The molecule has 0 saturated carbocycles.